The maximum Gasteiger partial charge on any atom is 0.274 e. The van der Waals surface area contributed by atoms with E-state index >= 15 is 0 Å². The highest BCUT2D eigenvalue weighted by Crippen LogP contribution is 2.13. The Bertz CT molecular complexity index is 755. The number of carbonyl (C=O) groups excluding carboxylic acids is 1. The van der Waals surface area contributed by atoms with Gasteiger partial charge in [-0.25, -0.2) is 4.68 Å². The van der Waals surface area contributed by atoms with Gasteiger partial charge in [-0.3, -0.25) is 9.59 Å². The van der Waals surface area contributed by atoms with Crippen molar-refractivity contribution in [1.29, 1.82) is 0 Å². The van der Waals surface area contributed by atoms with E-state index in [4.69, 9.17) is 0 Å². The Kier molecular flexibility index (Phi) is 7.60. The number of fused-ring (bicyclic) bond motifs is 1. The van der Waals surface area contributed by atoms with Crippen LogP contribution in [-0.2, 0) is 6.54 Å². The van der Waals surface area contributed by atoms with Crippen molar-refractivity contribution in [2.24, 2.45) is 0 Å². The molecule has 1 heterocycles. The number of aryl methyl sites for hydroxylation is 1. The molecule has 0 aliphatic carbocycles. The average Bonchev–Trinajstić information content (AvgIpc) is 2.63. The second kappa shape index (κ2) is 9.93. The van der Waals surface area contributed by atoms with E-state index in [2.05, 4.69) is 29.6 Å². The van der Waals surface area contributed by atoms with E-state index in [0.717, 1.165) is 32.2 Å². The molecule has 1 amide bonds. The van der Waals surface area contributed by atoms with E-state index in [1.54, 1.807) is 12.1 Å². The number of benzene rings is 1. The number of carbonyl (C=O) groups is 1. The van der Waals surface area contributed by atoms with Crippen LogP contribution >= 0.6 is 0 Å². The van der Waals surface area contributed by atoms with Gasteiger partial charge >= 0.3 is 0 Å². The van der Waals surface area contributed by atoms with Crippen molar-refractivity contribution < 1.29 is 4.79 Å². The summed E-state index contributed by atoms with van der Waals surface area (Å²) in [6, 6.07) is 7.18. The minimum Gasteiger partial charge on any atom is -0.349 e. The second-order valence-corrected chi connectivity index (χ2v) is 6.14. The summed E-state index contributed by atoms with van der Waals surface area (Å²) >= 11 is 0. The molecule has 136 valence electrons. The molecule has 0 bridgehead atoms. The van der Waals surface area contributed by atoms with Crippen molar-refractivity contribution >= 4 is 16.7 Å². The summed E-state index contributed by atoms with van der Waals surface area (Å²) in [4.78, 5) is 25.2. The Morgan fingerprint density at radius 1 is 1.04 bits per heavy atom. The molecule has 2 rings (SSSR count). The number of nitrogens with one attached hydrogen (secondary N) is 2. The van der Waals surface area contributed by atoms with E-state index in [1.165, 1.54) is 4.68 Å². The summed E-state index contributed by atoms with van der Waals surface area (Å²) in [5.41, 5.74) is 0.190. The van der Waals surface area contributed by atoms with Gasteiger partial charge in [0.2, 0.25) is 0 Å². The zero-order valence-electron chi connectivity index (χ0n) is 15.2. The maximum absolute atomic E-state index is 12.6. The molecule has 0 saturated carbocycles. The Hall–Kier alpha value is -2.21. The van der Waals surface area contributed by atoms with Crippen molar-refractivity contribution in [2.45, 2.75) is 46.1 Å². The lowest BCUT2D eigenvalue weighted by molar-refractivity contribution is 0.0948. The van der Waals surface area contributed by atoms with Gasteiger partial charge in [-0.1, -0.05) is 44.9 Å². The highest BCUT2D eigenvalue weighted by atomic mass is 16.2. The molecule has 2 aromatic rings. The highest BCUT2D eigenvalue weighted by Gasteiger charge is 2.16. The number of rotatable bonds is 10. The van der Waals surface area contributed by atoms with Crippen LogP contribution in [0.2, 0.25) is 0 Å². The molecule has 1 aromatic heterocycles. The standard InChI is InChI=1S/C19H28N4O2/c1-3-5-8-14-23-19(25)16-10-7-6-9-15(16)17(22-23)18(24)21-13-12-20-11-4-2/h6-7,9-10,20H,3-5,8,11-14H2,1-2H3,(H,21,24). The second-order valence-electron chi connectivity index (χ2n) is 6.14. The van der Waals surface area contributed by atoms with Crippen LogP contribution in [0, 0.1) is 0 Å². The highest BCUT2D eigenvalue weighted by molar-refractivity contribution is 6.04. The third kappa shape index (κ3) is 5.13. The minimum absolute atomic E-state index is 0.132. The monoisotopic (exact) mass is 344 g/mol. The van der Waals surface area contributed by atoms with Gasteiger partial charge in [0.05, 0.1) is 5.39 Å². The van der Waals surface area contributed by atoms with Gasteiger partial charge in [-0.2, -0.15) is 5.10 Å². The Labute approximate surface area is 148 Å². The molecule has 6 heteroatoms. The number of nitrogens with zero attached hydrogens (tertiary/aromatic N) is 2. The molecule has 0 fully saturated rings. The molecule has 6 nitrogen and oxygen atoms in total. The summed E-state index contributed by atoms with van der Waals surface area (Å²) in [6.45, 7) is 6.93. The molecule has 2 N–H and O–H groups in total. The molecule has 0 aliphatic heterocycles. The first-order valence-corrected chi connectivity index (χ1v) is 9.17. The largest absolute Gasteiger partial charge is 0.349 e. The summed E-state index contributed by atoms with van der Waals surface area (Å²) in [6.07, 6.45) is 4.04. The molecule has 0 unspecified atom stereocenters. The maximum atomic E-state index is 12.6. The molecule has 0 atom stereocenters. The van der Waals surface area contributed by atoms with Gasteiger partial charge in [-0.05, 0) is 25.5 Å². The van der Waals surface area contributed by atoms with E-state index < -0.39 is 0 Å². The van der Waals surface area contributed by atoms with Crippen LogP contribution in [0.1, 0.15) is 50.0 Å². The van der Waals surface area contributed by atoms with Crippen LogP contribution < -0.4 is 16.2 Å². The lowest BCUT2D eigenvalue weighted by Crippen LogP contribution is -2.34. The van der Waals surface area contributed by atoms with Gasteiger partial charge in [0.1, 0.15) is 0 Å². The van der Waals surface area contributed by atoms with E-state index in [1.807, 2.05) is 12.1 Å². The SMILES string of the molecule is CCCCCn1nc(C(=O)NCCNCCC)c2ccccc2c1=O. The van der Waals surface area contributed by atoms with Crippen LogP contribution in [0.3, 0.4) is 0 Å². The Balaban J connectivity index is 2.23. The van der Waals surface area contributed by atoms with Gasteiger partial charge in [-0.15, -0.1) is 0 Å². The van der Waals surface area contributed by atoms with Gasteiger partial charge in [0, 0.05) is 25.0 Å². The lowest BCUT2D eigenvalue weighted by Gasteiger charge is -2.11. The summed E-state index contributed by atoms with van der Waals surface area (Å²) in [7, 11) is 0. The summed E-state index contributed by atoms with van der Waals surface area (Å²) < 4.78 is 1.43. The van der Waals surface area contributed by atoms with Crippen molar-refractivity contribution in [1.82, 2.24) is 20.4 Å². The lowest BCUT2D eigenvalue weighted by atomic mass is 10.1. The zero-order valence-corrected chi connectivity index (χ0v) is 15.2. The zero-order chi connectivity index (χ0) is 18.1. The molecule has 0 radical (unpaired) electrons. The van der Waals surface area contributed by atoms with Gasteiger partial charge < -0.3 is 10.6 Å². The fourth-order valence-electron chi connectivity index (χ4n) is 2.72. The van der Waals surface area contributed by atoms with Crippen molar-refractivity contribution in [3.8, 4) is 0 Å². The van der Waals surface area contributed by atoms with E-state index in [9.17, 15) is 9.59 Å². The first kappa shape index (κ1) is 19.1. The van der Waals surface area contributed by atoms with Crippen LogP contribution in [0.4, 0.5) is 0 Å². The number of unbranched alkanes of at least 4 members (excludes halogenated alkanes) is 2. The number of hydrogen-bond acceptors (Lipinski definition) is 4. The number of aromatic nitrogens is 2. The predicted molar refractivity (Wildman–Crippen MR) is 101 cm³/mol. The normalized spacial score (nSPS) is 11.0. The average molecular weight is 344 g/mol. The van der Waals surface area contributed by atoms with Crippen LogP contribution in [0.25, 0.3) is 10.8 Å². The first-order valence-electron chi connectivity index (χ1n) is 9.17. The van der Waals surface area contributed by atoms with Crippen molar-refractivity contribution in [3.05, 3.63) is 40.3 Å². The van der Waals surface area contributed by atoms with Crippen LogP contribution in [0.5, 0.6) is 0 Å². The topological polar surface area (TPSA) is 76.0 Å². The Morgan fingerprint density at radius 2 is 1.80 bits per heavy atom. The van der Waals surface area contributed by atoms with Crippen molar-refractivity contribution in [2.75, 3.05) is 19.6 Å². The fourth-order valence-corrected chi connectivity index (χ4v) is 2.72. The molecule has 0 spiro atoms. The smallest absolute Gasteiger partial charge is 0.274 e. The molecule has 0 aliphatic rings. The third-order valence-electron chi connectivity index (χ3n) is 4.07. The van der Waals surface area contributed by atoms with Crippen molar-refractivity contribution in [3.63, 3.8) is 0 Å². The quantitative estimate of drug-likeness (QED) is 0.649. The van der Waals surface area contributed by atoms with E-state index in [-0.39, 0.29) is 11.5 Å². The van der Waals surface area contributed by atoms with Crippen LogP contribution in [-0.4, -0.2) is 35.3 Å². The fraction of sp³-hybridized carbons (Fsp3) is 0.526. The van der Waals surface area contributed by atoms with Gasteiger partial charge in [0.15, 0.2) is 5.69 Å². The van der Waals surface area contributed by atoms with Crippen LogP contribution in [0.15, 0.2) is 29.1 Å². The molecule has 0 saturated heterocycles. The predicted octanol–water partition coefficient (Wildman–Crippen LogP) is 2.32. The number of hydrogen-bond donors (Lipinski definition) is 2. The third-order valence-corrected chi connectivity index (χ3v) is 4.07. The van der Waals surface area contributed by atoms with E-state index in [0.29, 0.717) is 36.1 Å². The summed E-state index contributed by atoms with van der Waals surface area (Å²) in [5, 5.41) is 11.6. The minimum atomic E-state index is -0.237. The molecular formula is C19H28N4O2. The van der Waals surface area contributed by atoms with Gasteiger partial charge in [0.25, 0.3) is 11.5 Å². The molecular weight excluding hydrogens is 316 g/mol. The number of amides is 1. The summed E-state index contributed by atoms with van der Waals surface area (Å²) in [5.74, 6) is -0.237. The molecule has 25 heavy (non-hydrogen) atoms. The first-order chi connectivity index (χ1) is 12.2. The molecule has 1 aromatic carbocycles. The Morgan fingerprint density at radius 3 is 2.52 bits per heavy atom.